The van der Waals surface area contributed by atoms with Gasteiger partial charge in [0.05, 0.1) is 22.2 Å². The highest BCUT2D eigenvalue weighted by Crippen LogP contribution is 2.37. The molecule has 0 saturated carbocycles. The molecule has 0 aliphatic carbocycles. The van der Waals surface area contributed by atoms with Gasteiger partial charge in [0.25, 0.3) is 5.91 Å². The Labute approximate surface area is 143 Å². The van der Waals surface area contributed by atoms with Crippen molar-refractivity contribution in [1.82, 2.24) is 10.3 Å². The molecule has 6 N–H and O–H groups in total. The van der Waals surface area contributed by atoms with Crippen LogP contribution < -0.4 is 11.1 Å². The first kappa shape index (κ1) is 16.3. The van der Waals surface area contributed by atoms with E-state index < -0.39 is 17.6 Å². The van der Waals surface area contributed by atoms with Crippen molar-refractivity contribution in [2.75, 3.05) is 0 Å². The van der Waals surface area contributed by atoms with Gasteiger partial charge in [-0.3, -0.25) is 15.5 Å². The minimum Gasteiger partial charge on any atom is -0.504 e. The van der Waals surface area contributed by atoms with E-state index in [4.69, 9.17) is 11.1 Å². The maximum Gasteiger partial charge on any atom is 0.258 e. The van der Waals surface area contributed by atoms with Crippen LogP contribution in [-0.4, -0.2) is 27.1 Å². The summed E-state index contributed by atoms with van der Waals surface area (Å²) in [4.78, 5) is 16.9. The predicted molar refractivity (Wildman–Crippen MR) is 94.6 cm³/mol. The fourth-order valence-corrected chi connectivity index (χ4v) is 2.67. The lowest BCUT2D eigenvalue weighted by atomic mass is 10.00. The summed E-state index contributed by atoms with van der Waals surface area (Å²) in [5.74, 6) is -2.01. The molecule has 0 saturated heterocycles. The van der Waals surface area contributed by atoms with Gasteiger partial charge in [-0.15, -0.1) is 0 Å². The molecule has 0 aliphatic heterocycles. The number of phenolic OH excluding ortho intramolecular Hbond substituents is 2. The third-order valence-corrected chi connectivity index (χ3v) is 3.84. The average molecular weight is 336 g/mol. The van der Waals surface area contributed by atoms with E-state index in [9.17, 15) is 15.0 Å². The number of hydrogen-bond acceptors (Lipinski definition) is 5. The second kappa shape index (κ2) is 6.12. The monoisotopic (exact) mass is 336 g/mol. The normalized spacial score (nSPS) is 10.6. The molecule has 1 aromatic heterocycles. The van der Waals surface area contributed by atoms with E-state index in [0.717, 1.165) is 11.1 Å². The molecule has 126 valence electrons. The van der Waals surface area contributed by atoms with E-state index in [2.05, 4.69) is 10.3 Å². The number of nitrogens with zero attached hydrogens (tertiary/aromatic N) is 1. The van der Waals surface area contributed by atoms with Gasteiger partial charge in [0, 0.05) is 5.56 Å². The van der Waals surface area contributed by atoms with Crippen LogP contribution >= 0.6 is 0 Å². The van der Waals surface area contributed by atoms with Crippen LogP contribution in [0, 0.1) is 12.3 Å². The van der Waals surface area contributed by atoms with Gasteiger partial charge in [-0.2, -0.15) is 0 Å². The summed E-state index contributed by atoms with van der Waals surface area (Å²) >= 11 is 0. The number of guanidine groups is 1. The zero-order valence-corrected chi connectivity index (χ0v) is 13.4. The predicted octanol–water partition coefficient (Wildman–Crippen LogP) is 2.24. The standard InChI is InChI=1S/C18H16N4O3/c1-9-4-2-3-5-10(9)13-8-11(17(25)22-18(19)20)15-12(21-13)6-7-14(23)16(15)24/h2-8,23-24H,1H3,(H4,19,20,22,25). The van der Waals surface area contributed by atoms with Gasteiger partial charge in [-0.25, -0.2) is 4.98 Å². The van der Waals surface area contributed by atoms with Crippen molar-refractivity contribution in [3.05, 3.63) is 53.6 Å². The zero-order valence-electron chi connectivity index (χ0n) is 13.4. The van der Waals surface area contributed by atoms with Crippen molar-refractivity contribution in [2.45, 2.75) is 6.92 Å². The summed E-state index contributed by atoms with van der Waals surface area (Å²) in [5, 5.41) is 29.5. The minimum atomic E-state index is -0.671. The summed E-state index contributed by atoms with van der Waals surface area (Å²) < 4.78 is 0. The fourth-order valence-electron chi connectivity index (χ4n) is 2.67. The summed E-state index contributed by atoms with van der Waals surface area (Å²) in [6, 6.07) is 11.9. The van der Waals surface area contributed by atoms with Crippen molar-refractivity contribution in [3.63, 3.8) is 0 Å². The highest BCUT2D eigenvalue weighted by Gasteiger charge is 2.19. The number of nitrogens with one attached hydrogen (secondary N) is 2. The Morgan fingerprint density at radius 2 is 1.92 bits per heavy atom. The van der Waals surface area contributed by atoms with Gasteiger partial charge in [0.1, 0.15) is 0 Å². The highest BCUT2D eigenvalue weighted by atomic mass is 16.3. The lowest BCUT2D eigenvalue weighted by Gasteiger charge is -2.13. The van der Waals surface area contributed by atoms with Crippen molar-refractivity contribution in [1.29, 1.82) is 5.41 Å². The number of rotatable bonds is 2. The Morgan fingerprint density at radius 3 is 2.60 bits per heavy atom. The van der Waals surface area contributed by atoms with Crippen LogP contribution in [0.4, 0.5) is 0 Å². The molecule has 2 aromatic carbocycles. The van der Waals surface area contributed by atoms with Gasteiger partial charge in [0.15, 0.2) is 17.5 Å². The summed E-state index contributed by atoms with van der Waals surface area (Å²) in [6.45, 7) is 1.92. The Balaban J connectivity index is 2.33. The van der Waals surface area contributed by atoms with Gasteiger partial charge in [-0.05, 0) is 30.7 Å². The van der Waals surface area contributed by atoms with E-state index in [1.165, 1.54) is 18.2 Å². The van der Waals surface area contributed by atoms with Crippen molar-refractivity contribution in [3.8, 4) is 22.8 Å². The molecule has 7 heteroatoms. The second-order valence-electron chi connectivity index (χ2n) is 5.57. The number of hydrogen-bond donors (Lipinski definition) is 5. The largest absolute Gasteiger partial charge is 0.504 e. The summed E-state index contributed by atoms with van der Waals surface area (Å²) in [7, 11) is 0. The molecule has 1 heterocycles. The number of carbonyl (C=O) groups excluding carboxylic acids is 1. The van der Waals surface area contributed by atoms with Crippen LogP contribution in [0.3, 0.4) is 0 Å². The molecule has 25 heavy (non-hydrogen) atoms. The number of pyridine rings is 1. The molecule has 0 fully saturated rings. The first-order valence-electron chi connectivity index (χ1n) is 7.45. The first-order chi connectivity index (χ1) is 11.9. The van der Waals surface area contributed by atoms with Crippen LogP contribution in [-0.2, 0) is 0 Å². The quantitative estimate of drug-likeness (QED) is 0.278. The van der Waals surface area contributed by atoms with E-state index >= 15 is 0 Å². The van der Waals surface area contributed by atoms with Crippen LogP contribution in [0.2, 0.25) is 0 Å². The molecule has 0 unspecified atom stereocenters. The van der Waals surface area contributed by atoms with Crippen LogP contribution in [0.15, 0.2) is 42.5 Å². The highest BCUT2D eigenvalue weighted by molar-refractivity contribution is 6.14. The third kappa shape index (κ3) is 2.94. The number of aryl methyl sites for hydroxylation is 1. The molecule has 1 amide bonds. The molecular formula is C18H16N4O3. The van der Waals surface area contributed by atoms with E-state index in [1.807, 2.05) is 31.2 Å². The van der Waals surface area contributed by atoms with Crippen molar-refractivity contribution < 1.29 is 15.0 Å². The van der Waals surface area contributed by atoms with Gasteiger partial charge in [0.2, 0.25) is 0 Å². The number of amides is 1. The van der Waals surface area contributed by atoms with Gasteiger partial charge in [-0.1, -0.05) is 24.3 Å². The lowest BCUT2D eigenvalue weighted by Crippen LogP contribution is -2.35. The molecule has 0 radical (unpaired) electrons. The fraction of sp³-hybridized carbons (Fsp3) is 0.0556. The number of carbonyl (C=O) groups is 1. The molecule has 0 aliphatic rings. The Morgan fingerprint density at radius 1 is 1.20 bits per heavy atom. The smallest absolute Gasteiger partial charge is 0.258 e. The Bertz CT molecular complexity index is 1010. The molecule has 0 atom stereocenters. The first-order valence-corrected chi connectivity index (χ1v) is 7.45. The Hall–Kier alpha value is -3.61. The SMILES string of the molecule is Cc1ccccc1-c1cc(C(=O)NC(=N)N)c2c(O)c(O)ccc2n1. The number of phenols is 2. The van der Waals surface area contributed by atoms with Gasteiger partial charge < -0.3 is 15.9 Å². The number of nitrogens with two attached hydrogens (primary N) is 1. The number of aromatic nitrogens is 1. The number of benzene rings is 2. The maximum atomic E-state index is 12.4. The van der Waals surface area contributed by atoms with Crippen LogP contribution in [0.25, 0.3) is 22.2 Å². The molecule has 3 aromatic rings. The molecule has 0 spiro atoms. The second-order valence-corrected chi connectivity index (χ2v) is 5.57. The molecule has 7 nitrogen and oxygen atoms in total. The van der Waals surface area contributed by atoms with E-state index in [0.29, 0.717) is 11.2 Å². The van der Waals surface area contributed by atoms with E-state index in [1.54, 1.807) is 0 Å². The van der Waals surface area contributed by atoms with E-state index in [-0.39, 0.29) is 16.7 Å². The topological polar surface area (TPSA) is 132 Å². The summed E-state index contributed by atoms with van der Waals surface area (Å²) in [6.07, 6.45) is 0. The van der Waals surface area contributed by atoms with Gasteiger partial charge >= 0.3 is 0 Å². The van der Waals surface area contributed by atoms with Crippen molar-refractivity contribution in [2.24, 2.45) is 5.73 Å². The molecular weight excluding hydrogens is 320 g/mol. The van der Waals surface area contributed by atoms with Crippen molar-refractivity contribution >= 4 is 22.8 Å². The third-order valence-electron chi connectivity index (χ3n) is 3.84. The number of fused-ring (bicyclic) bond motifs is 1. The summed E-state index contributed by atoms with van der Waals surface area (Å²) in [5.41, 5.74) is 7.97. The molecule has 0 bridgehead atoms. The average Bonchev–Trinajstić information content (AvgIpc) is 2.57. The zero-order chi connectivity index (χ0) is 18.1. The van der Waals surface area contributed by atoms with Crippen LogP contribution in [0.5, 0.6) is 11.5 Å². The minimum absolute atomic E-state index is 0.0619. The number of aromatic hydroxyl groups is 2. The molecule has 3 rings (SSSR count). The maximum absolute atomic E-state index is 12.4. The lowest BCUT2D eigenvalue weighted by molar-refractivity contribution is 0.0978. The van der Waals surface area contributed by atoms with Crippen LogP contribution in [0.1, 0.15) is 15.9 Å². The Kier molecular flexibility index (Phi) is 3.98.